The summed E-state index contributed by atoms with van der Waals surface area (Å²) in [6, 6.07) is 18.6. The van der Waals surface area contributed by atoms with Gasteiger partial charge in [-0.2, -0.15) is 0 Å². The van der Waals surface area contributed by atoms with Crippen LogP contribution >= 0.6 is 0 Å². The van der Waals surface area contributed by atoms with Crippen LogP contribution in [0.2, 0.25) is 0 Å². The number of hydrazine groups is 1. The molecule has 0 bridgehead atoms. The Morgan fingerprint density at radius 3 is 1.84 bits per heavy atom. The summed E-state index contributed by atoms with van der Waals surface area (Å²) in [4.78, 5) is 23.7. The Kier molecular flexibility index (Phi) is 2.76. The Morgan fingerprint density at radius 1 is 0.737 bits per heavy atom. The lowest BCUT2D eigenvalue weighted by Crippen LogP contribution is -2.39. The number of Topliss-reactive ketones (excluding diaryl/α,β-unsaturated/α-hetero) is 1. The van der Waals surface area contributed by atoms with Gasteiger partial charge in [-0.05, 0) is 24.3 Å². The lowest BCUT2D eigenvalue weighted by Gasteiger charge is -2.28. The first kappa shape index (κ1) is 11.5. The van der Waals surface area contributed by atoms with Crippen LogP contribution < -0.4 is 10.0 Å². The summed E-state index contributed by atoms with van der Waals surface area (Å²) < 4.78 is 0. The Hall–Kier alpha value is -2.62. The zero-order valence-electron chi connectivity index (χ0n) is 10.2. The molecule has 1 heterocycles. The van der Waals surface area contributed by atoms with Gasteiger partial charge in [-0.1, -0.05) is 36.4 Å². The number of ketones is 1. The maximum atomic E-state index is 12.0. The molecular weight excluding hydrogens is 240 g/mol. The highest BCUT2D eigenvalue weighted by molar-refractivity contribution is 6.45. The zero-order valence-corrected chi connectivity index (χ0v) is 10.2. The van der Waals surface area contributed by atoms with Crippen LogP contribution in [0, 0.1) is 0 Å². The van der Waals surface area contributed by atoms with Crippen molar-refractivity contribution in [2.75, 3.05) is 16.6 Å². The van der Waals surface area contributed by atoms with E-state index in [0.717, 1.165) is 5.69 Å². The van der Waals surface area contributed by atoms with Crippen molar-refractivity contribution in [2.45, 2.75) is 0 Å². The van der Waals surface area contributed by atoms with E-state index in [-0.39, 0.29) is 6.54 Å². The molecule has 2 aromatic rings. The average Bonchev–Trinajstić information content (AvgIpc) is 2.77. The fourth-order valence-corrected chi connectivity index (χ4v) is 2.13. The summed E-state index contributed by atoms with van der Waals surface area (Å²) in [5.74, 6) is -0.886. The van der Waals surface area contributed by atoms with Crippen LogP contribution in [0.15, 0.2) is 60.7 Å². The molecule has 0 aliphatic carbocycles. The third kappa shape index (κ3) is 1.97. The molecule has 0 atom stereocenters. The minimum absolute atomic E-state index is 0.0811. The molecule has 0 unspecified atom stereocenters. The summed E-state index contributed by atoms with van der Waals surface area (Å²) in [7, 11) is 0. The molecule has 94 valence electrons. The predicted octanol–water partition coefficient (Wildman–Crippen LogP) is 2.02. The summed E-state index contributed by atoms with van der Waals surface area (Å²) in [5, 5.41) is 3.12. The van der Waals surface area contributed by atoms with E-state index in [2.05, 4.69) is 0 Å². The van der Waals surface area contributed by atoms with E-state index in [0.29, 0.717) is 5.69 Å². The highest BCUT2D eigenvalue weighted by Gasteiger charge is 2.37. The van der Waals surface area contributed by atoms with Gasteiger partial charge >= 0.3 is 5.91 Å². The van der Waals surface area contributed by atoms with Gasteiger partial charge in [-0.15, -0.1) is 0 Å². The van der Waals surface area contributed by atoms with Crippen LogP contribution in [0.4, 0.5) is 11.4 Å². The van der Waals surface area contributed by atoms with Gasteiger partial charge < -0.3 is 0 Å². The smallest absolute Gasteiger partial charge is 0.286 e. The number of benzene rings is 2. The van der Waals surface area contributed by atoms with E-state index in [9.17, 15) is 9.59 Å². The highest BCUT2D eigenvalue weighted by atomic mass is 16.2. The van der Waals surface area contributed by atoms with Gasteiger partial charge in [0.25, 0.3) is 0 Å². The van der Waals surface area contributed by atoms with Crippen LogP contribution in [0.3, 0.4) is 0 Å². The van der Waals surface area contributed by atoms with Crippen molar-refractivity contribution in [1.29, 1.82) is 0 Å². The number of nitrogens with zero attached hydrogens (tertiary/aromatic N) is 2. The molecule has 4 nitrogen and oxygen atoms in total. The maximum absolute atomic E-state index is 12.0. The molecule has 1 aliphatic rings. The fourth-order valence-electron chi connectivity index (χ4n) is 2.13. The first-order chi connectivity index (χ1) is 9.27. The monoisotopic (exact) mass is 252 g/mol. The van der Waals surface area contributed by atoms with Crippen molar-refractivity contribution in [1.82, 2.24) is 0 Å². The molecule has 0 saturated carbocycles. The second-order valence-electron chi connectivity index (χ2n) is 4.27. The molecular formula is C15H12N2O2. The van der Waals surface area contributed by atoms with Gasteiger partial charge in [-0.25, -0.2) is 5.01 Å². The third-order valence-electron chi connectivity index (χ3n) is 3.02. The predicted molar refractivity (Wildman–Crippen MR) is 72.7 cm³/mol. The summed E-state index contributed by atoms with van der Waals surface area (Å²) in [6.45, 7) is 0.0811. The quantitative estimate of drug-likeness (QED) is 0.768. The highest BCUT2D eigenvalue weighted by Crippen LogP contribution is 2.26. The van der Waals surface area contributed by atoms with E-state index in [4.69, 9.17) is 0 Å². The Morgan fingerprint density at radius 2 is 1.26 bits per heavy atom. The third-order valence-corrected chi connectivity index (χ3v) is 3.02. The minimum Gasteiger partial charge on any atom is -0.286 e. The summed E-state index contributed by atoms with van der Waals surface area (Å²) in [6.07, 6.45) is 0. The molecule has 0 spiro atoms. The summed E-state index contributed by atoms with van der Waals surface area (Å²) >= 11 is 0. The Bertz CT molecular complexity index is 611. The van der Waals surface area contributed by atoms with Crippen LogP contribution in [-0.2, 0) is 9.59 Å². The number of hydrogen-bond acceptors (Lipinski definition) is 3. The molecule has 1 fully saturated rings. The molecule has 0 N–H and O–H groups in total. The van der Waals surface area contributed by atoms with Crippen molar-refractivity contribution in [2.24, 2.45) is 0 Å². The van der Waals surface area contributed by atoms with Gasteiger partial charge in [0, 0.05) is 0 Å². The van der Waals surface area contributed by atoms with Gasteiger partial charge in [0.2, 0.25) is 5.78 Å². The van der Waals surface area contributed by atoms with Gasteiger partial charge in [0.05, 0.1) is 11.4 Å². The van der Waals surface area contributed by atoms with E-state index in [1.54, 1.807) is 5.01 Å². The zero-order chi connectivity index (χ0) is 13.2. The van der Waals surface area contributed by atoms with Crippen LogP contribution in [0.1, 0.15) is 0 Å². The van der Waals surface area contributed by atoms with Crippen molar-refractivity contribution >= 4 is 23.1 Å². The number of para-hydroxylation sites is 2. The van der Waals surface area contributed by atoms with E-state index in [1.165, 1.54) is 5.01 Å². The molecule has 1 aliphatic heterocycles. The number of carbonyl (C=O) groups is 2. The van der Waals surface area contributed by atoms with E-state index < -0.39 is 11.7 Å². The summed E-state index contributed by atoms with van der Waals surface area (Å²) in [5.41, 5.74) is 1.52. The van der Waals surface area contributed by atoms with Crippen LogP contribution in [0.25, 0.3) is 0 Å². The van der Waals surface area contributed by atoms with Crippen LogP contribution in [-0.4, -0.2) is 18.2 Å². The Balaban J connectivity index is 2.04. The largest absolute Gasteiger partial charge is 0.315 e. The van der Waals surface area contributed by atoms with E-state index >= 15 is 0 Å². The number of amides is 1. The molecule has 0 aromatic heterocycles. The lowest BCUT2D eigenvalue weighted by atomic mass is 10.3. The lowest BCUT2D eigenvalue weighted by molar-refractivity contribution is -0.133. The van der Waals surface area contributed by atoms with Gasteiger partial charge in [-0.3, -0.25) is 14.6 Å². The number of carbonyl (C=O) groups excluding carboxylic acids is 2. The SMILES string of the molecule is O=C1CN(c2ccccc2)N(c2ccccc2)C1=O. The molecule has 0 radical (unpaired) electrons. The molecule has 19 heavy (non-hydrogen) atoms. The number of hydrogen-bond donors (Lipinski definition) is 0. The molecule has 3 rings (SSSR count). The normalized spacial score (nSPS) is 15.2. The molecule has 4 heteroatoms. The number of rotatable bonds is 2. The fraction of sp³-hybridized carbons (Fsp3) is 0.0667. The van der Waals surface area contributed by atoms with Crippen molar-refractivity contribution in [3.05, 3.63) is 60.7 Å². The Labute approximate surface area is 110 Å². The standard InChI is InChI=1S/C15H12N2O2/c18-14-11-16(12-7-3-1-4-8-12)17(15(14)19)13-9-5-2-6-10-13/h1-10H,11H2. The molecule has 1 saturated heterocycles. The first-order valence-corrected chi connectivity index (χ1v) is 6.02. The minimum atomic E-state index is -0.491. The maximum Gasteiger partial charge on any atom is 0.315 e. The van der Waals surface area contributed by atoms with Crippen molar-refractivity contribution < 1.29 is 9.59 Å². The topological polar surface area (TPSA) is 40.6 Å². The van der Waals surface area contributed by atoms with Gasteiger partial charge in [0.1, 0.15) is 6.54 Å². The van der Waals surface area contributed by atoms with Crippen molar-refractivity contribution in [3.8, 4) is 0 Å². The average molecular weight is 252 g/mol. The second-order valence-corrected chi connectivity index (χ2v) is 4.27. The van der Waals surface area contributed by atoms with E-state index in [1.807, 2.05) is 60.7 Å². The van der Waals surface area contributed by atoms with Gasteiger partial charge in [0.15, 0.2) is 0 Å². The number of anilines is 2. The van der Waals surface area contributed by atoms with Crippen LogP contribution in [0.5, 0.6) is 0 Å². The van der Waals surface area contributed by atoms with Crippen molar-refractivity contribution in [3.63, 3.8) is 0 Å². The molecule has 1 amide bonds. The molecule has 2 aromatic carbocycles. The second kappa shape index (κ2) is 4.57. The first-order valence-electron chi connectivity index (χ1n) is 6.02.